The first-order valence-corrected chi connectivity index (χ1v) is 17.0. The van der Waals surface area contributed by atoms with Crippen LogP contribution in [-0.4, -0.2) is 38.0 Å². The van der Waals surface area contributed by atoms with Crippen LogP contribution in [0.15, 0.2) is 48.5 Å². The maximum Gasteiger partial charge on any atom is 0.492 e. The molecule has 0 radical (unpaired) electrons. The average molecular weight is 568 g/mol. The Morgan fingerprint density at radius 2 is 0.805 bits per heavy atom. The van der Waals surface area contributed by atoms with Gasteiger partial charge in [0.05, 0.1) is 26.2 Å². The lowest BCUT2D eigenvalue weighted by atomic mass is 10.0. The van der Waals surface area contributed by atoms with Crippen LogP contribution in [0, 0.1) is 0 Å². The third-order valence-electron chi connectivity index (χ3n) is 8.63. The minimum Gasteiger partial charge on any atom is -0.808 e. The maximum absolute atomic E-state index is 12.2. The van der Waals surface area contributed by atoms with Crippen molar-refractivity contribution in [1.29, 1.82) is 0 Å². The highest BCUT2D eigenvalue weighted by Gasteiger charge is 2.16. The van der Waals surface area contributed by atoms with E-state index in [9.17, 15) is 5.02 Å². The molecular formula is C36H62BNO3. The molecule has 2 aromatic carbocycles. The van der Waals surface area contributed by atoms with Crippen molar-refractivity contribution in [3.05, 3.63) is 59.7 Å². The van der Waals surface area contributed by atoms with Gasteiger partial charge in [0.25, 0.3) is 0 Å². The quantitative estimate of drug-likeness (QED) is 0.0809. The first-order valence-electron chi connectivity index (χ1n) is 17.0. The van der Waals surface area contributed by atoms with E-state index < -0.39 is 7.32 Å². The van der Waals surface area contributed by atoms with Crippen LogP contribution in [-0.2, 0) is 12.8 Å². The smallest absolute Gasteiger partial charge is 0.492 e. The number of benzene rings is 2. The van der Waals surface area contributed by atoms with Crippen molar-refractivity contribution >= 4 is 7.32 Å². The Morgan fingerprint density at radius 3 is 1.10 bits per heavy atom. The highest BCUT2D eigenvalue weighted by atomic mass is 16.7. The molecule has 0 spiro atoms. The van der Waals surface area contributed by atoms with E-state index in [-0.39, 0.29) is 0 Å². The summed E-state index contributed by atoms with van der Waals surface area (Å²) in [6.07, 6.45) is 17.7. The lowest BCUT2D eigenvalue weighted by Crippen LogP contribution is -2.47. The summed E-state index contributed by atoms with van der Waals surface area (Å²) in [6, 6.07) is 15.6. The van der Waals surface area contributed by atoms with Gasteiger partial charge in [-0.15, -0.1) is 0 Å². The van der Waals surface area contributed by atoms with Gasteiger partial charge < -0.3 is 18.8 Å². The van der Waals surface area contributed by atoms with Crippen molar-refractivity contribution in [2.24, 2.45) is 0 Å². The summed E-state index contributed by atoms with van der Waals surface area (Å²) in [6.45, 7) is 18.7. The fourth-order valence-corrected chi connectivity index (χ4v) is 5.28. The standard InChI is InChI=1S/C28H42BO3.C8H20N/c1-3-5-7-9-11-13-15-25-17-21-27(22-18-25)31-29(30)32-28-23-19-26(20-24-28)16-14-12-10-8-6-4-2;1-5-9(6-2,7-3)8-4/h17-24H,3-16H2,1-2H3;5-8H2,1-4H3/q-1;+1. The second-order valence-corrected chi connectivity index (χ2v) is 11.5. The molecule has 2 rings (SSSR count). The zero-order valence-corrected chi connectivity index (χ0v) is 27.6. The summed E-state index contributed by atoms with van der Waals surface area (Å²) in [5.41, 5.74) is 2.58. The normalized spacial score (nSPS) is 11.1. The van der Waals surface area contributed by atoms with Crippen molar-refractivity contribution < 1.29 is 18.8 Å². The Kier molecular flexibility index (Phi) is 21.3. The summed E-state index contributed by atoms with van der Waals surface area (Å²) in [7, 11) is -1.57. The van der Waals surface area contributed by atoms with Crippen molar-refractivity contribution in [3.63, 3.8) is 0 Å². The molecule has 4 nitrogen and oxygen atoms in total. The summed E-state index contributed by atoms with van der Waals surface area (Å²) in [5, 5.41) is 12.2. The molecule has 232 valence electrons. The number of rotatable bonds is 22. The van der Waals surface area contributed by atoms with Gasteiger partial charge in [-0.1, -0.05) is 102 Å². The van der Waals surface area contributed by atoms with Crippen LogP contribution in [0.2, 0.25) is 0 Å². The second kappa shape index (κ2) is 23.6. The highest BCUT2D eigenvalue weighted by molar-refractivity contribution is 6.34. The van der Waals surface area contributed by atoms with Crippen LogP contribution < -0.4 is 14.3 Å². The third kappa shape index (κ3) is 16.9. The second-order valence-electron chi connectivity index (χ2n) is 11.5. The molecule has 0 amide bonds. The van der Waals surface area contributed by atoms with Gasteiger partial charge in [-0.2, -0.15) is 0 Å². The van der Waals surface area contributed by atoms with Crippen molar-refractivity contribution in [2.75, 3.05) is 26.2 Å². The zero-order valence-electron chi connectivity index (χ0n) is 27.6. The summed E-state index contributed by atoms with van der Waals surface area (Å²) in [4.78, 5) is 0. The largest absolute Gasteiger partial charge is 0.808 e. The molecule has 0 saturated heterocycles. The van der Waals surface area contributed by atoms with Crippen LogP contribution in [0.1, 0.15) is 130 Å². The fourth-order valence-electron chi connectivity index (χ4n) is 5.28. The van der Waals surface area contributed by atoms with Gasteiger partial charge in [0.15, 0.2) is 0 Å². The van der Waals surface area contributed by atoms with Gasteiger partial charge in [-0.25, -0.2) is 0 Å². The van der Waals surface area contributed by atoms with Crippen LogP contribution in [0.25, 0.3) is 0 Å². The number of unbranched alkanes of at least 4 members (excludes halogenated alkanes) is 10. The summed E-state index contributed by atoms with van der Waals surface area (Å²) < 4.78 is 12.1. The van der Waals surface area contributed by atoms with E-state index in [0.717, 1.165) is 12.8 Å². The molecule has 0 aliphatic carbocycles. The number of nitrogens with zero attached hydrogens (tertiary/aromatic N) is 1. The van der Waals surface area contributed by atoms with Gasteiger partial charge in [0, 0.05) is 0 Å². The predicted octanol–water partition coefficient (Wildman–Crippen LogP) is 9.18. The summed E-state index contributed by atoms with van der Waals surface area (Å²) in [5.74, 6) is 1.10. The maximum atomic E-state index is 12.2. The van der Waals surface area contributed by atoms with E-state index in [1.54, 1.807) is 0 Å². The highest BCUT2D eigenvalue weighted by Crippen LogP contribution is 2.18. The molecule has 0 aliphatic heterocycles. The predicted molar refractivity (Wildman–Crippen MR) is 176 cm³/mol. The molecule has 5 heteroatoms. The topological polar surface area (TPSA) is 41.5 Å². The Morgan fingerprint density at radius 1 is 0.488 bits per heavy atom. The first kappa shape index (κ1) is 37.1. The molecule has 0 N–H and O–H groups in total. The van der Waals surface area contributed by atoms with Gasteiger partial charge in [-0.05, 0) is 88.8 Å². The van der Waals surface area contributed by atoms with Crippen molar-refractivity contribution in [3.8, 4) is 11.5 Å². The Bertz CT molecular complexity index is 773. The number of hydrogen-bond donors (Lipinski definition) is 0. The molecule has 0 aromatic heterocycles. The minimum atomic E-state index is -1.57. The fraction of sp³-hybridized carbons (Fsp3) is 0.667. The minimum absolute atomic E-state index is 0.552. The van der Waals surface area contributed by atoms with Crippen molar-refractivity contribution in [1.82, 2.24) is 0 Å². The van der Waals surface area contributed by atoms with E-state index in [1.807, 2.05) is 48.5 Å². The van der Waals surface area contributed by atoms with E-state index >= 15 is 0 Å². The Hall–Kier alpha value is -1.98. The van der Waals surface area contributed by atoms with E-state index in [1.165, 1.54) is 119 Å². The Balaban J connectivity index is 0.000000803. The molecular weight excluding hydrogens is 505 g/mol. The molecule has 0 unspecified atom stereocenters. The molecule has 2 aromatic rings. The first-order chi connectivity index (χ1) is 19.9. The molecule has 0 aliphatic rings. The van der Waals surface area contributed by atoms with E-state index in [2.05, 4.69) is 41.5 Å². The van der Waals surface area contributed by atoms with Crippen LogP contribution in [0.5, 0.6) is 11.5 Å². The van der Waals surface area contributed by atoms with E-state index in [4.69, 9.17) is 9.31 Å². The zero-order chi connectivity index (χ0) is 30.2. The van der Waals surface area contributed by atoms with Crippen molar-refractivity contribution in [2.45, 2.75) is 131 Å². The molecule has 0 bridgehead atoms. The average Bonchev–Trinajstić information content (AvgIpc) is 3.00. The third-order valence-corrected chi connectivity index (χ3v) is 8.63. The van der Waals surface area contributed by atoms with Crippen LogP contribution in [0.3, 0.4) is 0 Å². The van der Waals surface area contributed by atoms with Crippen LogP contribution >= 0.6 is 0 Å². The molecule has 41 heavy (non-hydrogen) atoms. The monoisotopic (exact) mass is 567 g/mol. The SMILES string of the molecule is CCCCCCCCc1ccc(OB([O-])Oc2ccc(CCCCCCCC)cc2)cc1.CC[N+](CC)(CC)CC. The van der Waals surface area contributed by atoms with Gasteiger partial charge in [0.1, 0.15) is 11.5 Å². The van der Waals surface area contributed by atoms with Crippen LogP contribution in [0.4, 0.5) is 0 Å². The number of hydrogen-bond acceptors (Lipinski definition) is 3. The number of aryl methyl sites for hydroxylation is 2. The Labute approximate surface area is 254 Å². The van der Waals surface area contributed by atoms with E-state index in [0.29, 0.717) is 11.5 Å². The molecule has 0 heterocycles. The lowest BCUT2D eigenvalue weighted by Gasteiger charge is -2.34. The van der Waals surface area contributed by atoms with Gasteiger partial charge in [-0.3, -0.25) is 0 Å². The lowest BCUT2D eigenvalue weighted by molar-refractivity contribution is -0.921. The molecule has 0 saturated carbocycles. The number of quaternary nitrogens is 1. The molecule has 0 fully saturated rings. The summed E-state index contributed by atoms with van der Waals surface area (Å²) >= 11 is 0. The van der Waals surface area contributed by atoms with Gasteiger partial charge >= 0.3 is 7.32 Å². The molecule has 0 atom stereocenters. The van der Waals surface area contributed by atoms with Gasteiger partial charge in [0.2, 0.25) is 0 Å².